The number of nitrogens with two attached hydrogens (primary N) is 2. The maximum atomic E-state index is 14.5. The summed E-state index contributed by atoms with van der Waals surface area (Å²) in [6.45, 7) is 6.13. The molecule has 0 bridgehead atoms. The number of nitrogens with one attached hydrogen (secondary N) is 11. The number of carboxylic acid groups (broad SMARTS) is 2. The summed E-state index contributed by atoms with van der Waals surface area (Å²) in [4.78, 5) is 203. The fraction of sp³-hybridized carbons (Fsp3) is 0.425. The number of nitrogens with zero attached hydrogens (tertiary/aromatic N) is 1. The number of rotatable bonds is 29. The zero-order valence-corrected chi connectivity index (χ0v) is 60.8. The first-order chi connectivity index (χ1) is 51.7. The molecule has 4 aromatic rings. The third-order valence-corrected chi connectivity index (χ3v) is 18.7. The number of primary amides is 2. The highest BCUT2D eigenvalue weighted by atomic mass is 32.1. The minimum Gasteiger partial charge on any atom is -0.508 e. The van der Waals surface area contributed by atoms with Gasteiger partial charge in [-0.15, -0.1) is 0 Å². The van der Waals surface area contributed by atoms with Crippen LogP contribution in [0.1, 0.15) is 137 Å². The van der Waals surface area contributed by atoms with Crippen LogP contribution < -0.4 is 74.7 Å². The van der Waals surface area contributed by atoms with Crippen molar-refractivity contribution in [2.75, 3.05) is 18.4 Å². The molecule has 35 nitrogen and oxygen atoms in total. The van der Waals surface area contributed by atoms with Gasteiger partial charge in [-0.25, -0.2) is 4.79 Å². The van der Waals surface area contributed by atoms with E-state index >= 15 is 0 Å². The second-order valence-corrected chi connectivity index (χ2v) is 27.4. The van der Waals surface area contributed by atoms with Crippen molar-refractivity contribution in [2.45, 2.75) is 177 Å². The fourth-order valence-corrected chi connectivity index (χ4v) is 13.2. The highest BCUT2D eigenvalue weighted by molar-refractivity contribution is 7.80. The average molecular weight is 1530 g/mol. The Bertz CT molecular complexity index is 4180. The predicted molar refractivity (Wildman–Crippen MR) is 390 cm³/mol. The third kappa shape index (κ3) is 21.7. The Kier molecular flexibility index (Phi) is 28.2. The second kappa shape index (κ2) is 37.3. The summed E-state index contributed by atoms with van der Waals surface area (Å²) in [5.41, 5.74) is 12.0. The van der Waals surface area contributed by atoms with Crippen LogP contribution in [-0.2, 0) is 83.9 Å². The smallest absolute Gasteiger partial charge is 0.340 e. The number of carboxylic acids is 2. The molecule has 0 aromatic heterocycles. The number of hydrogen-bond donors (Lipinski definition) is 17. The number of thiocarbonyl (C=S) groups is 1. The summed E-state index contributed by atoms with van der Waals surface area (Å²) in [5, 5.41) is 68.6. The van der Waals surface area contributed by atoms with Crippen molar-refractivity contribution in [1.82, 2.24) is 58.1 Å². The number of unbranched alkanes of at least 4 members (excludes halogenated alkanes) is 1. The molecule has 36 heteroatoms. The maximum absolute atomic E-state index is 14.5. The molecule has 4 heterocycles. The minimum atomic E-state index is -2.01. The monoisotopic (exact) mass is 1530 g/mol. The van der Waals surface area contributed by atoms with Gasteiger partial charge in [0.1, 0.15) is 83.4 Å². The molecule has 1 saturated heterocycles. The van der Waals surface area contributed by atoms with Gasteiger partial charge in [0.05, 0.1) is 18.4 Å². The van der Waals surface area contributed by atoms with Crippen LogP contribution in [0, 0.1) is 5.92 Å². The SMILES string of the molecule is CC(=O)N[C@H](C(=O)N1CCC[C@H]1C(=O)N[C@H]1CC/C=C/C[C@H](C(=O)N[C@@H](CC(=O)O)C(=O)N[C@@H](C)C(=O)N[C@@H](CC(=O)O)C(=O)N[C@@H](CCCCNC(=S)Nc2ccc3c(c2)C(=O)OC32c3ccc(O)cc3Oc3cc(O)ccc32)C(N)=O)NC(=O)[C@H](Cc2ccccc2)NC(=O)[C@H](CCC(N)=O)NC1=O)C(C)C. The lowest BCUT2D eigenvalue weighted by Crippen LogP contribution is -2.60. The number of anilines is 1. The number of phenols is 2. The summed E-state index contributed by atoms with van der Waals surface area (Å²) < 4.78 is 12.1. The topological polar surface area (TPSA) is 543 Å². The molecule has 4 aliphatic rings. The van der Waals surface area contributed by atoms with Crippen LogP contribution in [0.15, 0.2) is 97.1 Å². The summed E-state index contributed by atoms with van der Waals surface area (Å²) >= 11 is 5.52. The number of aliphatic carboxylic acids is 2. The standard InChI is InChI=1S/C73H88N14O21S/c1-36(2)60(78-38(4)88)70(105)87-29-13-19-54(87)69(104)83-49-18-10-6-9-17-48(81-67(102)51(30-39-14-7-5-8-15-39)85-65(100)50(82-63(49)98)26-27-57(74)91)64(99)86-52(34-58(92)93)66(101)77-37(3)62(97)84-53(35-59(94)95)68(103)80-47(61(75)96)16-11-12-28-76-72(109)79-40-20-23-44-43(31-40)71(106)108-73(44)45-24-21-41(89)32-55(45)107-56-33-42(90)22-25-46(56)73/h5-9,14-15,20-25,31-33,36-37,47-54,60,89-90H,10-13,16-19,26-30,34-35H2,1-4H3,(H2,74,91)(H2,75,96)(H,77,101)(H,78,88)(H,80,103)(H,81,102)(H,82,98)(H,83,104)(H,84,97)(H,85,100)(H,86,99)(H,92,93)(H,94,95)(H2,76,79,109)/b9-6+/t37-,47-,48+,49-,50-,51-,52-,53-,54-,60-/m0/s1. The lowest BCUT2D eigenvalue weighted by Gasteiger charge is -2.36. The molecule has 4 aromatic carbocycles. The minimum absolute atomic E-state index is 0.0419. The number of likely N-dealkylation sites (tertiary alicyclic amines) is 1. The van der Waals surface area contributed by atoms with Crippen LogP contribution in [0.5, 0.6) is 23.0 Å². The molecular formula is C73H88N14O21S. The first-order valence-corrected chi connectivity index (χ1v) is 35.6. The molecule has 19 N–H and O–H groups in total. The molecule has 4 aliphatic heterocycles. The highest BCUT2D eigenvalue weighted by Gasteiger charge is 2.54. The number of carbonyl (C=O) groups is 15. The van der Waals surface area contributed by atoms with Crippen molar-refractivity contribution >= 4 is 112 Å². The molecule has 0 radical (unpaired) electrons. The Morgan fingerprint density at radius 3 is 1.92 bits per heavy atom. The van der Waals surface area contributed by atoms with Gasteiger partial charge in [-0.1, -0.05) is 62.4 Å². The van der Waals surface area contributed by atoms with E-state index in [1.807, 2.05) is 0 Å². The molecular weight excluding hydrogens is 1440 g/mol. The van der Waals surface area contributed by atoms with Crippen molar-refractivity contribution in [2.24, 2.45) is 17.4 Å². The van der Waals surface area contributed by atoms with Gasteiger partial charge in [0.15, 0.2) is 10.7 Å². The number of fused-ring (bicyclic) bond motifs is 6. The Balaban J connectivity index is 0.893. The van der Waals surface area contributed by atoms with Crippen LogP contribution in [0.4, 0.5) is 5.69 Å². The van der Waals surface area contributed by atoms with Crippen LogP contribution in [0.3, 0.4) is 0 Å². The van der Waals surface area contributed by atoms with Crippen molar-refractivity contribution in [3.05, 3.63) is 125 Å². The van der Waals surface area contributed by atoms with E-state index in [0.717, 1.165) is 6.92 Å². The van der Waals surface area contributed by atoms with E-state index in [9.17, 15) is 92.3 Å². The quantitative estimate of drug-likeness (QED) is 0.0146. The molecule has 582 valence electrons. The first-order valence-electron chi connectivity index (χ1n) is 35.2. The predicted octanol–water partition coefficient (Wildman–Crippen LogP) is -0.145. The zero-order valence-electron chi connectivity index (χ0n) is 59.9. The van der Waals surface area contributed by atoms with Crippen LogP contribution in [0.25, 0.3) is 0 Å². The van der Waals surface area contributed by atoms with Gasteiger partial charge in [-0.2, -0.15) is 0 Å². The molecule has 8 rings (SSSR count). The summed E-state index contributed by atoms with van der Waals surface area (Å²) in [7, 11) is 0. The number of aromatic hydroxyl groups is 2. The van der Waals surface area contributed by atoms with Crippen LogP contribution in [-0.4, -0.2) is 193 Å². The Hall–Kier alpha value is -12.2. The number of allylic oxidation sites excluding steroid dienone is 1. The average Bonchev–Trinajstić information content (AvgIpc) is 1.59. The second-order valence-electron chi connectivity index (χ2n) is 27.0. The molecule has 10 atom stereocenters. The lowest BCUT2D eigenvalue weighted by atomic mass is 9.77. The number of carbonyl (C=O) groups excluding carboxylic acids is 13. The Labute approximate surface area is 629 Å². The number of hydrogen-bond acceptors (Lipinski definition) is 20. The lowest BCUT2D eigenvalue weighted by molar-refractivity contribution is -0.143. The summed E-state index contributed by atoms with van der Waals surface area (Å²) in [6, 6.07) is 6.50. The summed E-state index contributed by atoms with van der Waals surface area (Å²) in [6.07, 6.45) is 0.0252. The number of ether oxygens (including phenoxy) is 2. The number of benzene rings is 4. The van der Waals surface area contributed by atoms with Crippen molar-refractivity contribution < 1.29 is 102 Å². The highest BCUT2D eigenvalue weighted by Crippen LogP contribution is 2.57. The molecule has 1 spiro atoms. The maximum Gasteiger partial charge on any atom is 0.340 e. The zero-order chi connectivity index (χ0) is 79.6. The van der Waals surface area contributed by atoms with Gasteiger partial charge in [-0.3, -0.25) is 67.1 Å². The van der Waals surface area contributed by atoms with Crippen molar-refractivity contribution in [1.29, 1.82) is 0 Å². The summed E-state index contributed by atoms with van der Waals surface area (Å²) in [5.74, 6) is -15.4. The fourth-order valence-electron chi connectivity index (χ4n) is 12.9. The largest absolute Gasteiger partial charge is 0.508 e. The van der Waals surface area contributed by atoms with Gasteiger partial charge in [-0.05, 0) is 125 Å². The van der Waals surface area contributed by atoms with E-state index in [1.54, 1.807) is 68.4 Å². The molecule has 1 fully saturated rings. The molecule has 109 heavy (non-hydrogen) atoms. The van der Waals surface area contributed by atoms with Gasteiger partial charge < -0.3 is 105 Å². The molecule has 0 unspecified atom stereocenters. The van der Waals surface area contributed by atoms with Crippen LogP contribution in [0.2, 0.25) is 0 Å². The van der Waals surface area contributed by atoms with Crippen molar-refractivity contribution in [3.8, 4) is 23.0 Å². The van der Waals surface area contributed by atoms with Gasteiger partial charge in [0, 0.05) is 67.4 Å². The van der Waals surface area contributed by atoms with E-state index in [4.69, 9.17) is 33.2 Å². The van der Waals surface area contributed by atoms with E-state index in [1.165, 1.54) is 54.3 Å². The van der Waals surface area contributed by atoms with Crippen LogP contribution >= 0.6 is 12.2 Å². The molecule has 0 aliphatic carbocycles. The van der Waals surface area contributed by atoms with Gasteiger partial charge >= 0.3 is 17.9 Å². The van der Waals surface area contributed by atoms with Gasteiger partial charge in [0.25, 0.3) is 0 Å². The number of phenolic OH excluding ortho intramolecular Hbond substituents is 2. The van der Waals surface area contributed by atoms with E-state index in [-0.39, 0.29) is 91.2 Å². The number of esters is 1. The van der Waals surface area contributed by atoms with Gasteiger partial charge in [0.2, 0.25) is 70.9 Å². The molecule has 0 saturated carbocycles. The third-order valence-electron chi connectivity index (χ3n) is 18.5. The van der Waals surface area contributed by atoms with E-state index in [0.29, 0.717) is 40.8 Å². The van der Waals surface area contributed by atoms with Crippen molar-refractivity contribution in [3.63, 3.8) is 0 Å². The molecule has 12 amide bonds. The van der Waals surface area contributed by atoms with E-state index < -0.39 is 187 Å². The van der Waals surface area contributed by atoms with E-state index in [2.05, 4.69) is 58.5 Å². The first kappa shape index (κ1) is 82.4. The Morgan fingerprint density at radius 2 is 1.29 bits per heavy atom. The number of amides is 12. The normalized spacial score (nSPS) is 19.6. The Morgan fingerprint density at radius 1 is 0.679 bits per heavy atom.